The predicted octanol–water partition coefficient (Wildman–Crippen LogP) is 5.71. The predicted molar refractivity (Wildman–Crippen MR) is 84.5 cm³/mol. The molecule has 0 amide bonds. The van der Waals surface area contributed by atoms with E-state index >= 15 is 0 Å². The van der Waals surface area contributed by atoms with Crippen molar-refractivity contribution in [3.05, 3.63) is 66.2 Å². The molecule has 0 saturated heterocycles. The second-order valence-electron chi connectivity index (χ2n) is 3.79. The zero-order valence-electron chi connectivity index (χ0n) is 12.6. The van der Waals surface area contributed by atoms with Crippen molar-refractivity contribution in [2.24, 2.45) is 0 Å². The maximum Gasteiger partial charge on any atom is 0.119 e. The molecule has 1 nitrogen and oxygen atoms in total. The van der Waals surface area contributed by atoms with E-state index in [2.05, 4.69) is 26.0 Å². The second-order valence-corrected chi connectivity index (χ2v) is 3.79. The van der Waals surface area contributed by atoms with Crippen molar-refractivity contribution in [3.63, 3.8) is 0 Å². The van der Waals surface area contributed by atoms with Gasteiger partial charge in [-0.2, -0.15) is 0 Å². The second kappa shape index (κ2) is 12.7. The Bertz CT molecular complexity index is 341. The Kier molecular flexibility index (Phi) is 11.5. The zero-order valence-corrected chi connectivity index (χ0v) is 12.6. The van der Waals surface area contributed by atoms with Crippen LogP contribution in [0.25, 0.3) is 0 Å². The van der Waals surface area contributed by atoms with E-state index in [1.165, 1.54) is 12.0 Å². The highest BCUT2D eigenvalue weighted by Crippen LogP contribution is 2.10. The van der Waals surface area contributed by atoms with Crippen molar-refractivity contribution in [1.29, 1.82) is 0 Å². The van der Waals surface area contributed by atoms with Crippen LogP contribution in [0.2, 0.25) is 0 Å². The Morgan fingerprint density at radius 3 is 1.63 bits per heavy atom. The van der Waals surface area contributed by atoms with Gasteiger partial charge in [-0.1, -0.05) is 82.6 Å². The first-order chi connectivity index (χ1) is 9.36. The van der Waals surface area contributed by atoms with E-state index in [1.807, 2.05) is 62.4 Å². The minimum atomic E-state index is 0.630. The van der Waals surface area contributed by atoms with Gasteiger partial charge in [-0.25, -0.2) is 0 Å². The van der Waals surface area contributed by atoms with Gasteiger partial charge in [-0.15, -0.1) is 0 Å². The van der Waals surface area contributed by atoms with Crippen molar-refractivity contribution in [3.8, 4) is 5.75 Å². The maximum absolute atomic E-state index is 5.59. The molecule has 0 fully saturated rings. The topological polar surface area (TPSA) is 9.23 Å². The van der Waals surface area contributed by atoms with Crippen molar-refractivity contribution >= 4 is 0 Å². The monoisotopic (exact) mass is 258 g/mol. The van der Waals surface area contributed by atoms with Crippen LogP contribution in [0.5, 0.6) is 5.75 Å². The molecule has 0 spiro atoms. The molecule has 0 N–H and O–H groups in total. The summed E-state index contributed by atoms with van der Waals surface area (Å²) in [5.41, 5.74) is 1.19. The summed E-state index contributed by atoms with van der Waals surface area (Å²) >= 11 is 0. The van der Waals surface area contributed by atoms with Gasteiger partial charge in [0.25, 0.3) is 0 Å². The highest BCUT2D eigenvalue weighted by Gasteiger charge is 1.92. The fourth-order valence-corrected chi connectivity index (χ4v) is 1.26. The van der Waals surface area contributed by atoms with E-state index in [0.717, 1.165) is 5.75 Å². The van der Waals surface area contributed by atoms with Gasteiger partial charge in [0.1, 0.15) is 12.4 Å². The summed E-state index contributed by atoms with van der Waals surface area (Å²) in [6, 6.07) is 20.0. The van der Waals surface area contributed by atoms with E-state index in [1.54, 1.807) is 0 Å². The highest BCUT2D eigenvalue weighted by atomic mass is 16.5. The average Bonchev–Trinajstić information content (AvgIpc) is 2.50. The minimum Gasteiger partial charge on any atom is -0.489 e. The highest BCUT2D eigenvalue weighted by molar-refractivity contribution is 5.22. The van der Waals surface area contributed by atoms with E-state index in [9.17, 15) is 0 Å². The molecule has 0 heterocycles. The fourth-order valence-electron chi connectivity index (χ4n) is 1.26. The Balaban J connectivity index is 0.000000573. The van der Waals surface area contributed by atoms with Crippen LogP contribution in [0.1, 0.15) is 39.7 Å². The molecule has 1 heteroatoms. The zero-order chi connectivity index (χ0) is 14.3. The van der Waals surface area contributed by atoms with Crippen LogP contribution < -0.4 is 4.74 Å². The van der Waals surface area contributed by atoms with Gasteiger partial charge in [0, 0.05) is 0 Å². The summed E-state index contributed by atoms with van der Waals surface area (Å²) in [5.74, 6) is 0.913. The summed E-state index contributed by atoms with van der Waals surface area (Å²) in [5, 5.41) is 0. The van der Waals surface area contributed by atoms with E-state index < -0.39 is 0 Å². The summed E-state index contributed by atoms with van der Waals surface area (Å²) in [6.07, 6.45) is 1.25. The number of hydrogen-bond donors (Lipinski definition) is 0. The third-order valence-electron chi connectivity index (χ3n) is 1.99. The van der Waals surface area contributed by atoms with Gasteiger partial charge in [0.15, 0.2) is 0 Å². The third-order valence-corrected chi connectivity index (χ3v) is 1.99. The molecule has 0 saturated carbocycles. The quantitative estimate of drug-likeness (QED) is 0.685. The summed E-state index contributed by atoms with van der Waals surface area (Å²) < 4.78 is 5.59. The first kappa shape index (κ1) is 17.2. The molecule has 0 radical (unpaired) electrons. The Morgan fingerprint density at radius 1 is 0.737 bits per heavy atom. The molecule has 0 aliphatic rings. The number of ether oxygens (including phenoxy) is 1. The first-order valence-corrected chi connectivity index (χ1v) is 7.08. The smallest absolute Gasteiger partial charge is 0.119 e. The molecule has 0 aromatic heterocycles. The summed E-state index contributed by atoms with van der Waals surface area (Å²) in [6.45, 7) is 8.88. The van der Waals surface area contributed by atoms with Crippen LogP contribution in [0, 0.1) is 0 Å². The molecule has 2 rings (SSSR count). The number of rotatable bonds is 3. The molecule has 0 bridgehead atoms. The van der Waals surface area contributed by atoms with Crippen LogP contribution in [-0.2, 0) is 6.61 Å². The number of hydrogen-bond acceptors (Lipinski definition) is 1. The number of benzene rings is 2. The molecule has 0 atom stereocenters. The molecule has 2 aromatic carbocycles. The third kappa shape index (κ3) is 8.90. The first-order valence-electron chi connectivity index (χ1n) is 7.08. The molecule has 19 heavy (non-hydrogen) atoms. The van der Waals surface area contributed by atoms with Crippen LogP contribution in [0.15, 0.2) is 60.7 Å². The van der Waals surface area contributed by atoms with Crippen LogP contribution in [0.3, 0.4) is 0 Å². The lowest BCUT2D eigenvalue weighted by Crippen LogP contribution is -1.94. The Hall–Kier alpha value is -1.76. The standard InChI is InChI=1S/C13H12O.C3H8.C2H6/c1-3-7-12(8-4-1)11-14-13-9-5-2-6-10-13;1-3-2;1-2/h1-10H,11H2;3H2,1-2H3;1-2H3. The largest absolute Gasteiger partial charge is 0.489 e. The Morgan fingerprint density at radius 2 is 1.16 bits per heavy atom. The molecular weight excluding hydrogens is 232 g/mol. The number of para-hydroxylation sites is 1. The lowest BCUT2D eigenvalue weighted by Gasteiger charge is -2.05. The van der Waals surface area contributed by atoms with Gasteiger partial charge in [0.05, 0.1) is 0 Å². The van der Waals surface area contributed by atoms with Crippen molar-refractivity contribution < 1.29 is 4.74 Å². The van der Waals surface area contributed by atoms with Crippen LogP contribution >= 0.6 is 0 Å². The van der Waals surface area contributed by atoms with E-state index in [4.69, 9.17) is 4.74 Å². The molecule has 104 valence electrons. The molecule has 0 aliphatic heterocycles. The van der Waals surface area contributed by atoms with Gasteiger partial charge in [-0.05, 0) is 17.7 Å². The van der Waals surface area contributed by atoms with Gasteiger partial charge in [0.2, 0.25) is 0 Å². The van der Waals surface area contributed by atoms with Gasteiger partial charge >= 0.3 is 0 Å². The molecular formula is C18H26O. The fraction of sp³-hybridized carbons (Fsp3) is 0.333. The normalized spacial score (nSPS) is 8.42. The molecule has 0 unspecified atom stereocenters. The summed E-state index contributed by atoms with van der Waals surface area (Å²) in [7, 11) is 0. The van der Waals surface area contributed by atoms with E-state index in [0.29, 0.717) is 6.61 Å². The SMILES string of the molecule is CC.CCC.c1ccc(COc2ccccc2)cc1. The average molecular weight is 258 g/mol. The maximum atomic E-state index is 5.59. The van der Waals surface area contributed by atoms with Crippen molar-refractivity contribution in [1.82, 2.24) is 0 Å². The Labute approximate surface area is 118 Å². The van der Waals surface area contributed by atoms with Gasteiger partial charge in [-0.3, -0.25) is 0 Å². The van der Waals surface area contributed by atoms with Crippen molar-refractivity contribution in [2.45, 2.75) is 40.7 Å². The van der Waals surface area contributed by atoms with Crippen molar-refractivity contribution in [2.75, 3.05) is 0 Å². The lowest BCUT2D eigenvalue weighted by molar-refractivity contribution is 0.306. The van der Waals surface area contributed by atoms with Crippen LogP contribution in [0.4, 0.5) is 0 Å². The van der Waals surface area contributed by atoms with Crippen LogP contribution in [-0.4, -0.2) is 0 Å². The molecule has 0 aliphatic carbocycles. The molecule has 2 aromatic rings. The van der Waals surface area contributed by atoms with E-state index in [-0.39, 0.29) is 0 Å². The summed E-state index contributed by atoms with van der Waals surface area (Å²) in [4.78, 5) is 0. The minimum absolute atomic E-state index is 0.630. The lowest BCUT2D eigenvalue weighted by atomic mass is 10.2. The van der Waals surface area contributed by atoms with Gasteiger partial charge < -0.3 is 4.74 Å².